The molecule has 5 rings (SSSR count). The molecule has 3 nitrogen and oxygen atoms in total. The van der Waals surface area contributed by atoms with Gasteiger partial charge in [0.2, 0.25) is 0 Å². The molecule has 0 radical (unpaired) electrons. The molecule has 32 heavy (non-hydrogen) atoms. The first-order chi connectivity index (χ1) is 15.7. The Morgan fingerprint density at radius 2 is 1.31 bits per heavy atom. The summed E-state index contributed by atoms with van der Waals surface area (Å²) in [5.41, 5.74) is 0.769. The summed E-state index contributed by atoms with van der Waals surface area (Å²) in [7, 11) is 2.19. The summed E-state index contributed by atoms with van der Waals surface area (Å²) in [5.74, 6) is 0. The van der Waals surface area contributed by atoms with Crippen LogP contribution in [0.15, 0.2) is 28.2 Å². The van der Waals surface area contributed by atoms with E-state index >= 15 is 0 Å². The fourth-order valence-electron chi connectivity index (χ4n) is 7.22. The van der Waals surface area contributed by atoms with Crippen molar-refractivity contribution in [3.8, 4) is 0 Å². The van der Waals surface area contributed by atoms with Crippen LogP contribution in [0.4, 0.5) is 0 Å². The van der Waals surface area contributed by atoms with Crippen molar-refractivity contribution in [1.82, 2.24) is 9.97 Å². The van der Waals surface area contributed by atoms with Crippen molar-refractivity contribution in [2.45, 2.75) is 113 Å². The second-order valence-corrected chi connectivity index (χ2v) is 29.9. The molecule has 3 saturated carbocycles. The van der Waals surface area contributed by atoms with Crippen molar-refractivity contribution >= 4 is 48.4 Å². The second-order valence-electron chi connectivity index (χ2n) is 10.5. The number of hydrogen-bond acceptors (Lipinski definition) is 3. The van der Waals surface area contributed by atoms with Crippen LogP contribution in [0.2, 0.25) is 16.8 Å². The van der Waals surface area contributed by atoms with Gasteiger partial charge in [0.05, 0.1) is 0 Å². The summed E-state index contributed by atoms with van der Waals surface area (Å²) < 4.78 is 2.86. The van der Waals surface area contributed by atoms with Gasteiger partial charge in [-0.05, 0) is 0 Å². The van der Waals surface area contributed by atoms with Crippen LogP contribution in [0.5, 0.6) is 0 Å². The van der Waals surface area contributed by atoms with E-state index in [1.165, 1.54) is 96.3 Å². The predicted molar refractivity (Wildman–Crippen MR) is 139 cm³/mol. The molecule has 0 bridgehead atoms. The number of aromatic amines is 1. The van der Waals surface area contributed by atoms with Crippen LogP contribution in [-0.2, 0) is 0 Å². The van der Waals surface area contributed by atoms with E-state index in [-0.39, 0.29) is 5.56 Å². The Labute approximate surface area is 204 Å². The third-order valence-electron chi connectivity index (χ3n) is 8.65. The molecule has 6 heteroatoms. The van der Waals surface area contributed by atoms with Gasteiger partial charge < -0.3 is 0 Å². The Bertz CT molecular complexity index is 932. The number of H-pyrrole nitrogens is 1. The van der Waals surface area contributed by atoms with E-state index in [0.717, 1.165) is 22.5 Å². The van der Waals surface area contributed by atoms with Crippen LogP contribution < -0.4 is 5.56 Å². The van der Waals surface area contributed by atoms with E-state index < -0.39 is 17.0 Å². The third kappa shape index (κ3) is 4.79. The quantitative estimate of drug-likeness (QED) is 0.285. The van der Waals surface area contributed by atoms with E-state index in [1.54, 1.807) is 6.07 Å². The molecule has 0 aliphatic heterocycles. The summed E-state index contributed by atoms with van der Waals surface area (Å²) in [4.78, 5) is 21.3. The van der Waals surface area contributed by atoms with Crippen LogP contribution in [0, 0.1) is 0 Å². The molecule has 1 aromatic carbocycles. The summed E-state index contributed by atoms with van der Waals surface area (Å²) in [6, 6.07) is 5.48. The molecule has 1 heterocycles. The topological polar surface area (TPSA) is 45.8 Å². The average Bonchev–Trinajstić information content (AvgIpc) is 2.84. The predicted octanol–water partition coefficient (Wildman–Crippen LogP) is 8.62. The molecular formula is C26H37ClN2OSSn. The molecule has 3 aliphatic rings. The number of halogens is 1. The van der Waals surface area contributed by atoms with Gasteiger partial charge in [0.1, 0.15) is 0 Å². The third-order valence-corrected chi connectivity index (χ3v) is 36.9. The van der Waals surface area contributed by atoms with Gasteiger partial charge in [-0.15, -0.1) is 0 Å². The van der Waals surface area contributed by atoms with Gasteiger partial charge >= 0.3 is 205 Å². The fraction of sp³-hybridized carbons (Fsp3) is 0.692. The van der Waals surface area contributed by atoms with Crippen LogP contribution in [0.25, 0.3) is 10.9 Å². The van der Waals surface area contributed by atoms with E-state index in [2.05, 4.69) is 13.9 Å². The molecule has 0 spiro atoms. The zero-order valence-electron chi connectivity index (χ0n) is 19.2. The Morgan fingerprint density at radius 3 is 1.81 bits per heavy atom. The van der Waals surface area contributed by atoms with Crippen molar-refractivity contribution in [2.75, 3.05) is 0 Å². The molecular weight excluding hydrogens is 543 g/mol. The summed E-state index contributed by atoms with van der Waals surface area (Å²) >= 11 is 3.44. The van der Waals surface area contributed by atoms with Gasteiger partial charge in [-0.1, -0.05) is 0 Å². The number of fused-ring (bicyclic) bond motifs is 1. The van der Waals surface area contributed by atoms with Crippen molar-refractivity contribution in [3.05, 3.63) is 33.6 Å². The molecule has 3 aliphatic carbocycles. The maximum atomic E-state index is 13.0. The zero-order valence-corrected chi connectivity index (χ0v) is 23.6. The Morgan fingerprint density at radius 1 is 0.812 bits per heavy atom. The van der Waals surface area contributed by atoms with Crippen LogP contribution in [0.1, 0.15) is 96.3 Å². The molecule has 0 atom stereocenters. The standard InChI is InChI=1S/C8H5ClN2OS.3C6H11.Sn/c9-4-1-2-5-6(3-4)10-8(13)11-7(5)12;3*1-2-4-6-5-3-1;/h1-3H,(H2,10,11,12,13);3*1H,2-6H2;/q;;;;+1/p-1. The Balaban J connectivity index is 1.60. The van der Waals surface area contributed by atoms with Gasteiger partial charge in [-0.3, -0.25) is 0 Å². The number of nitrogens with one attached hydrogen (secondary N) is 1. The van der Waals surface area contributed by atoms with Crippen LogP contribution >= 0.6 is 20.5 Å². The summed E-state index contributed by atoms with van der Waals surface area (Å²) in [5, 5.41) is 2.24. The van der Waals surface area contributed by atoms with E-state index in [4.69, 9.17) is 16.6 Å². The van der Waals surface area contributed by atoms with Gasteiger partial charge in [-0.2, -0.15) is 0 Å². The molecule has 0 saturated heterocycles. The first kappa shape index (κ1) is 23.5. The maximum absolute atomic E-state index is 13.0. The molecule has 0 amide bonds. The van der Waals surface area contributed by atoms with Gasteiger partial charge in [0.15, 0.2) is 0 Å². The number of aromatic nitrogens is 2. The monoisotopic (exact) mass is 580 g/mol. The average molecular weight is 580 g/mol. The fourth-order valence-corrected chi connectivity index (χ4v) is 38.2. The van der Waals surface area contributed by atoms with Crippen molar-refractivity contribution in [1.29, 1.82) is 0 Å². The normalized spacial score (nSPS) is 22.4. The Kier molecular flexibility index (Phi) is 7.79. The number of nitrogens with zero attached hydrogens (tertiary/aromatic N) is 1. The van der Waals surface area contributed by atoms with Crippen LogP contribution in [-0.4, -0.2) is 27.0 Å². The second kappa shape index (κ2) is 10.6. The number of benzene rings is 1. The minimum atomic E-state index is -2.84. The van der Waals surface area contributed by atoms with Crippen molar-refractivity contribution < 1.29 is 0 Å². The van der Waals surface area contributed by atoms with Gasteiger partial charge in [0.25, 0.3) is 0 Å². The molecule has 1 N–H and O–H groups in total. The molecule has 3 fully saturated rings. The molecule has 1 aromatic heterocycles. The number of hydrogen-bond donors (Lipinski definition) is 1. The molecule has 174 valence electrons. The van der Waals surface area contributed by atoms with Crippen molar-refractivity contribution in [3.63, 3.8) is 0 Å². The van der Waals surface area contributed by atoms with Crippen LogP contribution in [0.3, 0.4) is 0 Å². The van der Waals surface area contributed by atoms with Crippen molar-refractivity contribution in [2.24, 2.45) is 0 Å². The number of rotatable bonds is 5. The molecule has 0 unspecified atom stereocenters. The van der Waals surface area contributed by atoms with E-state index in [1.807, 2.05) is 12.1 Å². The van der Waals surface area contributed by atoms with E-state index in [9.17, 15) is 4.79 Å². The SMILES string of the molecule is O=c1[nH]c([S][Sn]([CH]2CCCCC2)([CH]2CCCCC2)[CH]2CCCCC2)nc2cc(Cl)ccc12. The first-order valence-electron chi connectivity index (χ1n) is 13.1. The minimum absolute atomic E-state index is 0.00490. The summed E-state index contributed by atoms with van der Waals surface area (Å²) in [6.07, 6.45) is 21.4. The summed E-state index contributed by atoms with van der Waals surface area (Å²) in [6.45, 7) is 0. The van der Waals surface area contributed by atoms with E-state index in [0.29, 0.717) is 10.4 Å². The Hall–Kier alpha value is -0.201. The van der Waals surface area contributed by atoms with Gasteiger partial charge in [0, 0.05) is 0 Å². The van der Waals surface area contributed by atoms with Gasteiger partial charge in [-0.25, -0.2) is 0 Å². The first-order valence-corrected chi connectivity index (χ1v) is 22.7. The molecule has 2 aromatic rings. The zero-order chi connectivity index (χ0) is 22.0.